The van der Waals surface area contributed by atoms with Gasteiger partial charge in [-0.3, -0.25) is 19.2 Å². The quantitative estimate of drug-likeness (QED) is 0.482. The van der Waals surface area contributed by atoms with Gasteiger partial charge in [0.25, 0.3) is 11.6 Å². The summed E-state index contributed by atoms with van der Waals surface area (Å²) in [6.45, 7) is 0. The van der Waals surface area contributed by atoms with Gasteiger partial charge in [0.2, 0.25) is 11.6 Å². The minimum atomic E-state index is -1.53. The van der Waals surface area contributed by atoms with E-state index in [1.807, 2.05) is 0 Å². The van der Waals surface area contributed by atoms with Gasteiger partial charge < -0.3 is 0 Å². The van der Waals surface area contributed by atoms with Gasteiger partial charge in [-0.05, 0) is 48.5 Å². The lowest BCUT2D eigenvalue weighted by atomic mass is 9.99. The first-order chi connectivity index (χ1) is 10.4. The van der Waals surface area contributed by atoms with Crippen molar-refractivity contribution in [3.63, 3.8) is 0 Å². The highest BCUT2D eigenvalue weighted by molar-refractivity contribution is 6.81. The zero-order valence-corrected chi connectivity index (χ0v) is 11.0. The SMILES string of the molecule is O=C(C(=O)C(=O)c1ccc(F)cc1)C(=O)c1ccc(F)cc1. The van der Waals surface area contributed by atoms with Crippen LogP contribution in [0.1, 0.15) is 20.7 Å². The fourth-order valence-electron chi connectivity index (χ4n) is 1.67. The van der Waals surface area contributed by atoms with Gasteiger partial charge in [0.15, 0.2) is 0 Å². The molecule has 0 fully saturated rings. The summed E-state index contributed by atoms with van der Waals surface area (Å²) in [5, 5.41) is 0. The van der Waals surface area contributed by atoms with Crippen LogP contribution in [-0.2, 0) is 9.59 Å². The Balaban J connectivity index is 2.19. The summed E-state index contributed by atoms with van der Waals surface area (Å²) in [4.78, 5) is 47.0. The van der Waals surface area contributed by atoms with Gasteiger partial charge in [-0.1, -0.05) is 0 Å². The largest absolute Gasteiger partial charge is 0.285 e. The van der Waals surface area contributed by atoms with E-state index >= 15 is 0 Å². The summed E-state index contributed by atoms with van der Waals surface area (Å²) in [6, 6.07) is 7.94. The van der Waals surface area contributed by atoms with E-state index in [0.717, 1.165) is 48.5 Å². The number of ketones is 4. The third-order valence-corrected chi connectivity index (χ3v) is 2.83. The van der Waals surface area contributed by atoms with E-state index in [1.165, 1.54) is 0 Å². The second-order valence-electron chi connectivity index (χ2n) is 4.33. The summed E-state index contributed by atoms with van der Waals surface area (Å²) in [6.07, 6.45) is 0. The average molecular weight is 302 g/mol. The van der Waals surface area contributed by atoms with E-state index < -0.39 is 34.8 Å². The molecule has 0 aliphatic rings. The highest BCUT2D eigenvalue weighted by atomic mass is 19.1. The lowest BCUT2D eigenvalue weighted by molar-refractivity contribution is -0.131. The normalized spacial score (nSPS) is 10.1. The van der Waals surface area contributed by atoms with Crippen LogP contribution in [0.4, 0.5) is 8.78 Å². The highest BCUT2D eigenvalue weighted by Gasteiger charge is 2.30. The Morgan fingerprint density at radius 1 is 0.545 bits per heavy atom. The highest BCUT2D eigenvalue weighted by Crippen LogP contribution is 2.08. The van der Waals surface area contributed by atoms with Crippen molar-refractivity contribution in [3.8, 4) is 0 Å². The van der Waals surface area contributed by atoms with Crippen LogP contribution >= 0.6 is 0 Å². The molecular weight excluding hydrogens is 294 g/mol. The monoisotopic (exact) mass is 302 g/mol. The Labute approximate surface area is 123 Å². The van der Waals surface area contributed by atoms with E-state index in [9.17, 15) is 28.0 Å². The molecule has 0 radical (unpaired) electrons. The van der Waals surface area contributed by atoms with E-state index in [0.29, 0.717) is 0 Å². The molecule has 0 N–H and O–H groups in total. The van der Waals surface area contributed by atoms with Crippen LogP contribution in [0.2, 0.25) is 0 Å². The van der Waals surface area contributed by atoms with Crippen molar-refractivity contribution < 1.29 is 28.0 Å². The van der Waals surface area contributed by atoms with E-state index in [4.69, 9.17) is 0 Å². The summed E-state index contributed by atoms with van der Waals surface area (Å²) in [5.41, 5.74) is -0.404. The molecule has 0 bridgehead atoms. The number of benzene rings is 2. The average Bonchev–Trinajstić information content (AvgIpc) is 2.53. The van der Waals surface area contributed by atoms with Gasteiger partial charge >= 0.3 is 0 Å². The van der Waals surface area contributed by atoms with Crippen LogP contribution in [0.3, 0.4) is 0 Å². The fourth-order valence-corrected chi connectivity index (χ4v) is 1.67. The molecule has 0 amide bonds. The molecule has 2 rings (SSSR count). The Bertz CT molecular complexity index is 694. The van der Waals surface area contributed by atoms with Crippen molar-refractivity contribution in [2.24, 2.45) is 0 Å². The maximum atomic E-state index is 12.7. The first-order valence-corrected chi connectivity index (χ1v) is 6.09. The van der Waals surface area contributed by atoms with Crippen LogP contribution in [0.5, 0.6) is 0 Å². The number of Topliss-reactive ketones (excluding diaryl/α,β-unsaturated/α-hetero) is 4. The second kappa shape index (κ2) is 6.17. The molecule has 0 heterocycles. The van der Waals surface area contributed by atoms with Crippen LogP contribution < -0.4 is 0 Å². The van der Waals surface area contributed by atoms with Gasteiger partial charge in [0, 0.05) is 11.1 Å². The smallest absolute Gasteiger partial charge is 0.277 e. The number of hydrogen-bond acceptors (Lipinski definition) is 4. The molecule has 0 aromatic heterocycles. The van der Waals surface area contributed by atoms with Gasteiger partial charge in [-0.2, -0.15) is 0 Å². The summed E-state index contributed by atoms with van der Waals surface area (Å²) in [7, 11) is 0. The molecule has 0 spiro atoms. The number of carbonyl (C=O) groups excluding carboxylic acids is 4. The van der Waals surface area contributed by atoms with Crippen molar-refractivity contribution in [1.82, 2.24) is 0 Å². The van der Waals surface area contributed by atoms with Gasteiger partial charge in [0.1, 0.15) is 11.6 Å². The lowest BCUT2D eigenvalue weighted by Gasteiger charge is -2.00. The number of rotatable bonds is 5. The predicted octanol–water partition coefficient (Wildman–Crippen LogP) is 2.17. The van der Waals surface area contributed by atoms with Crippen LogP contribution in [0.15, 0.2) is 48.5 Å². The van der Waals surface area contributed by atoms with Crippen LogP contribution in [0.25, 0.3) is 0 Å². The maximum Gasteiger partial charge on any atom is 0.277 e. The van der Waals surface area contributed by atoms with Gasteiger partial charge in [-0.25, -0.2) is 8.78 Å². The molecule has 0 atom stereocenters. The third kappa shape index (κ3) is 3.17. The van der Waals surface area contributed by atoms with Crippen LogP contribution in [-0.4, -0.2) is 23.1 Å². The Morgan fingerprint density at radius 2 is 0.818 bits per heavy atom. The molecular formula is C16H8F2O4. The molecule has 0 saturated carbocycles. The molecule has 0 aliphatic carbocycles. The van der Waals surface area contributed by atoms with E-state index in [1.54, 1.807) is 0 Å². The van der Waals surface area contributed by atoms with Crippen molar-refractivity contribution >= 4 is 23.1 Å². The first kappa shape index (κ1) is 15.4. The molecule has 22 heavy (non-hydrogen) atoms. The van der Waals surface area contributed by atoms with E-state index in [-0.39, 0.29) is 11.1 Å². The Kier molecular flexibility index (Phi) is 4.31. The molecule has 0 aliphatic heterocycles. The van der Waals surface area contributed by atoms with Crippen molar-refractivity contribution in [3.05, 3.63) is 71.3 Å². The molecule has 0 saturated heterocycles. The summed E-state index contributed by atoms with van der Waals surface area (Å²) < 4.78 is 25.5. The maximum absolute atomic E-state index is 12.7. The summed E-state index contributed by atoms with van der Waals surface area (Å²) in [5.74, 6) is -6.70. The minimum absolute atomic E-state index is 0.202. The zero-order valence-electron chi connectivity index (χ0n) is 11.0. The standard InChI is InChI=1S/C16H8F2O4/c17-11-5-1-9(2-6-11)13(19)15(21)16(22)14(20)10-3-7-12(18)8-4-10/h1-8H. The van der Waals surface area contributed by atoms with Crippen molar-refractivity contribution in [2.45, 2.75) is 0 Å². The molecule has 110 valence electrons. The Morgan fingerprint density at radius 3 is 1.09 bits per heavy atom. The molecule has 6 heteroatoms. The number of carbonyl (C=O) groups is 4. The summed E-state index contributed by atoms with van der Waals surface area (Å²) >= 11 is 0. The van der Waals surface area contributed by atoms with Gasteiger partial charge in [-0.15, -0.1) is 0 Å². The van der Waals surface area contributed by atoms with Crippen molar-refractivity contribution in [1.29, 1.82) is 0 Å². The lowest BCUT2D eigenvalue weighted by Crippen LogP contribution is -2.30. The number of halogens is 2. The fraction of sp³-hybridized carbons (Fsp3) is 0. The van der Waals surface area contributed by atoms with Crippen LogP contribution in [0, 0.1) is 11.6 Å². The third-order valence-electron chi connectivity index (χ3n) is 2.83. The van der Waals surface area contributed by atoms with Gasteiger partial charge in [0.05, 0.1) is 0 Å². The minimum Gasteiger partial charge on any atom is -0.285 e. The Hall–Kier alpha value is -3.02. The predicted molar refractivity (Wildman–Crippen MR) is 71.5 cm³/mol. The van der Waals surface area contributed by atoms with E-state index in [2.05, 4.69) is 0 Å². The molecule has 2 aromatic rings. The molecule has 2 aromatic carbocycles. The topological polar surface area (TPSA) is 68.3 Å². The zero-order chi connectivity index (χ0) is 16.3. The molecule has 4 nitrogen and oxygen atoms in total. The first-order valence-electron chi connectivity index (χ1n) is 6.09. The second-order valence-corrected chi connectivity index (χ2v) is 4.33. The van der Waals surface area contributed by atoms with Crippen molar-refractivity contribution in [2.75, 3.05) is 0 Å². The molecule has 0 unspecified atom stereocenters. The number of hydrogen-bond donors (Lipinski definition) is 0.